The van der Waals surface area contributed by atoms with Gasteiger partial charge in [0, 0.05) is 52.7 Å². The van der Waals surface area contributed by atoms with E-state index >= 15 is 0 Å². The summed E-state index contributed by atoms with van der Waals surface area (Å²) in [4.78, 5) is 24.9. The van der Waals surface area contributed by atoms with Crippen LogP contribution in [0.5, 0.6) is 0 Å². The van der Waals surface area contributed by atoms with Gasteiger partial charge in [0.25, 0.3) is 0 Å². The fourth-order valence-electron chi connectivity index (χ4n) is 2.97. The Kier molecular flexibility index (Phi) is 12.9. The summed E-state index contributed by atoms with van der Waals surface area (Å²) in [5, 5.41) is 3.37. The van der Waals surface area contributed by atoms with Crippen LogP contribution in [-0.2, 0) is 16.0 Å². The zero-order valence-electron chi connectivity index (χ0n) is 20.2. The van der Waals surface area contributed by atoms with E-state index in [-0.39, 0.29) is 30.1 Å². The van der Waals surface area contributed by atoms with Crippen molar-refractivity contribution in [2.45, 2.75) is 52.2 Å². The minimum atomic E-state index is -0.533. The molecular weight excluding hydrogens is 521 g/mol. The summed E-state index contributed by atoms with van der Waals surface area (Å²) < 4.78 is 11.3. The van der Waals surface area contributed by atoms with Gasteiger partial charge in [-0.3, -0.25) is 9.98 Å². The molecule has 182 valence electrons. The van der Waals surface area contributed by atoms with E-state index in [1.54, 1.807) is 24.3 Å². The summed E-state index contributed by atoms with van der Waals surface area (Å²) in [7, 11) is 3.78. The molecule has 1 heterocycles. The van der Waals surface area contributed by atoms with Crippen LogP contribution in [0.4, 0.5) is 4.79 Å². The summed E-state index contributed by atoms with van der Waals surface area (Å²) in [6.45, 7) is 9.73. The molecule has 0 saturated heterocycles. The lowest BCUT2D eigenvalue weighted by Gasteiger charge is -2.28. The second kappa shape index (κ2) is 14.5. The van der Waals surface area contributed by atoms with E-state index in [1.807, 2.05) is 40.0 Å². The summed E-state index contributed by atoms with van der Waals surface area (Å²) in [6, 6.07) is 3.84. The zero-order chi connectivity index (χ0) is 22.7. The quantitative estimate of drug-likeness (QED) is 0.192. The van der Waals surface area contributed by atoms with Crippen LogP contribution in [-0.4, -0.2) is 79.4 Å². The molecule has 0 spiro atoms. The van der Waals surface area contributed by atoms with Gasteiger partial charge < -0.3 is 24.6 Å². The third-order valence-electron chi connectivity index (χ3n) is 4.83. The molecule has 1 aliphatic carbocycles. The molecule has 0 unspecified atom stereocenters. The van der Waals surface area contributed by atoms with E-state index in [0.29, 0.717) is 26.2 Å². The molecule has 9 heteroatoms. The van der Waals surface area contributed by atoms with E-state index in [0.717, 1.165) is 37.0 Å². The summed E-state index contributed by atoms with van der Waals surface area (Å²) in [6.07, 6.45) is 6.57. The van der Waals surface area contributed by atoms with Crippen molar-refractivity contribution in [1.29, 1.82) is 0 Å². The van der Waals surface area contributed by atoms with Gasteiger partial charge in [0.2, 0.25) is 0 Å². The van der Waals surface area contributed by atoms with Crippen molar-refractivity contribution in [2.75, 3.05) is 46.9 Å². The van der Waals surface area contributed by atoms with E-state index in [4.69, 9.17) is 9.47 Å². The highest BCUT2D eigenvalue weighted by Crippen LogP contribution is 2.28. The van der Waals surface area contributed by atoms with Crippen molar-refractivity contribution in [3.8, 4) is 0 Å². The molecule has 0 radical (unpaired) electrons. The lowest BCUT2D eigenvalue weighted by Crippen LogP contribution is -2.42. The fraction of sp³-hybridized carbons (Fsp3) is 0.696. The number of ether oxygens (including phenoxy) is 2. The predicted molar refractivity (Wildman–Crippen MR) is 138 cm³/mol. The van der Waals surface area contributed by atoms with Crippen molar-refractivity contribution in [3.63, 3.8) is 0 Å². The number of pyridine rings is 1. The first kappa shape index (κ1) is 28.4. The van der Waals surface area contributed by atoms with Gasteiger partial charge in [-0.25, -0.2) is 4.79 Å². The van der Waals surface area contributed by atoms with Gasteiger partial charge in [0.15, 0.2) is 5.96 Å². The second-order valence-electron chi connectivity index (χ2n) is 9.03. The number of aliphatic imine (C=N–C) groups is 1. The van der Waals surface area contributed by atoms with E-state index in [2.05, 4.69) is 20.2 Å². The van der Waals surface area contributed by atoms with Crippen LogP contribution in [0.25, 0.3) is 0 Å². The lowest BCUT2D eigenvalue weighted by molar-refractivity contribution is 0.0232. The zero-order valence-corrected chi connectivity index (χ0v) is 22.5. The largest absolute Gasteiger partial charge is 0.444 e. The van der Waals surface area contributed by atoms with Gasteiger partial charge in [0.1, 0.15) is 5.60 Å². The molecule has 0 aromatic carbocycles. The second-order valence-corrected chi connectivity index (χ2v) is 9.03. The number of carbonyl (C=O) groups excluding carboxylic acids is 1. The van der Waals surface area contributed by atoms with Gasteiger partial charge in [-0.2, -0.15) is 0 Å². The molecular formula is C23H40IN5O3. The number of hydrogen-bond donors (Lipinski definition) is 1. The number of amides is 1. The minimum absolute atomic E-state index is 0. The van der Waals surface area contributed by atoms with Crippen LogP contribution in [0.3, 0.4) is 0 Å². The average molecular weight is 562 g/mol. The number of nitrogens with zero attached hydrogens (tertiary/aromatic N) is 4. The van der Waals surface area contributed by atoms with Crippen LogP contribution in [0, 0.1) is 5.92 Å². The van der Waals surface area contributed by atoms with E-state index < -0.39 is 5.60 Å². The molecule has 1 N–H and O–H groups in total. The number of carbonyl (C=O) groups is 1. The summed E-state index contributed by atoms with van der Waals surface area (Å²) in [5.74, 6) is 1.61. The van der Waals surface area contributed by atoms with Crippen LogP contribution in [0.2, 0.25) is 0 Å². The Bertz CT molecular complexity index is 693. The molecule has 0 atom stereocenters. The summed E-state index contributed by atoms with van der Waals surface area (Å²) in [5.41, 5.74) is 0.442. The molecule has 0 bridgehead atoms. The van der Waals surface area contributed by atoms with Crippen LogP contribution in [0.1, 0.15) is 45.6 Å². The van der Waals surface area contributed by atoms with Crippen molar-refractivity contribution in [1.82, 2.24) is 20.1 Å². The molecule has 1 aliphatic rings. The van der Waals surface area contributed by atoms with Crippen molar-refractivity contribution < 1.29 is 14.3 Å². The molecule has 1 aromatic heterocycles. The van der Waals surface area contributed by atoms with Crippen molar-refractivity contribution in [2.24, 2.45) is 10.9 Å². The molecule has 1 amide bonds. The third kappa shape index (κ3) is 11.8. The molecule has 8 nitrogen and oxygen atoms in total. The number of rotatable bonds is 11. The van der Waals surface area contributed by atoms with Gasteiger partial charge in [0.05, 0.1) is 13.2 Å². The number of nitrogens with one attached hydrogen (secondary N) is 1. The molecule has 32 heavy (non-hydrogen) atoms. The molecule has 0 aliphatic heterocycles. The van der Waals surface area contributed by atoms with Gasteiger partial charge in [-0.05, 0) is 57.6 Å². The van der Waals surface area contributed by atoms with Crippen LogP contribution < -0.4 is 5.32 Å². The first-order chi connectivity index (χ1) is 14.8. The topological polar surface area (TPSA) is 79.3 Å². The van der Waals surface area contributed by atoms with Crippen molar-refractivity contribution >= 4 is 36.0 Å². The van der Waals surface area contributed by atoms with Crippen LogP contribution in [0.15, 0.2) is 29.5 Å². The smallest absolute Gasteiger partial charge is 0.410 e. The highest BCUT2D eigenvalue weighted by molar-refractivity contribution is 14.0. The lowest BCUT2D eigenvalue weighted by atomic mass is 10.2. The van der Waals surface area contributed by atoms with E-state index in [9.17, 15) is 4.79 Å². The monoisotopic (exact) mass is 561 g/mol. The van der Waals surface area contributed by atoms with Gasteiger partial charge in [-0.1, -0.05) is 6.07 Å². The molecule has 1 saturated carbocycles. The Morgan fingerprint density at radius 3 is 2.66 bits per heavy atom. The first-order valence-corrected chi connectivity index (χ1v) is 11.1. The maximum absolute atomic E-state index is 12.7. The molecule has 2 rings (SSSR count). The first-order valence-electron chi connectivity index (χ1n) is 11.1. The maximum atomic E-state index is 12.7. The number of hydrogen-bond acceptors (Lipinski definition) is 5. The van der Waals surface area contributed by atoms with Crippen molar-refractivity contribution in [3.05, 3.63) is 30.1 Å². The number of likely N-dealkylation sites (N-methyl/N-ethyl adjacent to an activating group) is 1. The van der Waals surface area contributed by atoms with Crippen LogP contribution >= 0.6 is 24.0 Å². The maximum Gasteiger partial charge on any atom is 0.410 e. The third-order valence-corrected chi connectivity index (χ3v) is 4.83. The average Bonchev–Trinajstić information content (AvgIpc) is 3.54. The highest BCUT2D eigenvalue weighted by Gasteiger charge is 2.22. The predicted octanol–water partition coefficient (Wildman–Crippen LogP) is 3.76. The summed E-state index contributed by atoms with van der Waals surface area (Å²) >= 11 is 0. The Morgan fingerprint density at radius 2 is 2.06 bits per heavy atom. The fourth-order valence-corrected chi connectivity index (χ4v) is 2.97. The highest BCUT2D eigenvalue weighted by atomic mass is 127. The Labute approximate surface area is 210 Å². The molecule has 1 aromatic rings. The van der Waals surface area contributed by atoms with Gasteiger partial charge in [-0.15, -0.1) is 24.0 Å². The normalized spacial score (nSPS) is 13.8. The number of guanidine groups is 1. The Balaban J connectivity index is 0.00000512. The molecule has 1 fully saturated rings. The minimum Gasteiger partial charge on any atom is -0.444 e. The SMILES string of the molecule is CN=C(NCCCN(Cc1cccnc1)C(=O)OC(C)(C)C)N(C)CCOCC1CC1.I. The van der Waals surface area contributed by atoms with E-state index in [1.165, 1.54) is 12.8 Å². The standard InChI is InChI=1S/C23H39N5O3.HI/c1-23(2,3)31-22(29)28(17-20-8-6-11-25-16-20)13-7-12-26-21(24-4)27(5)14-15-30-18-19-9-10-19;/h6,8,11,16,19H,7,9-10,12-15,17-18H2,1-5H3,(H,24,26);1H. The van der Waals surface area contributed by atoms with Gasteiger partial charge >= 0.3 is 6.09 Å². The Hall–Kier alpha value is -1.62. The number of halogens is 1. The number of aromatic nitrogens is 1. The Morgan fingerprint density at radius 1 is 1.31 bits per heavy atom.